The second kappa shape index (κ2) is 7.38. The molecule has 158 valence electrons. The number of H-pyrrole nitrogens is 1. The molecule has 1 fully saturated rings. The Hall–Kier alpha value is -2.52. The molecule has 2 aliphatic heterocycles. The molecule has 2 aromatic heterocycles. The van der Waals surface area contributed by atoms with Crippen LogP contribution >= 0.6 is 0 Å². The molecule has 1 saturated heterocycles. The number of alkyl halides is 3. The van der Waals surface area contributed by atoms with Crippen molar-refractivity contribution in [1.29, 1.82) is 0 Å². The number of nitrogens with one attached hydrogen (secondary N) is 2. The van der Waals surface area contributed by atoms with E-state index in [1.54, 1.807) is 17.0 Å². The number of hydrogen-bond acceptors (Lipinski definition) is 4. The lowest BCUT2D eigenvalue weighted by atomic mass is 9.94. The van der Waals surface area contributed by atoms with Crippen LogP contribution in [0.25, 0.3) is 0 Å². The van der Waals surface area contributed by atoms with Crippen molar-refractivity contribution in [2.24, 2.45) is 5.92 Å². The molecular formula is C19H25F3N6O. The van der Waals surface area contributed by atoms with E-state index in [0.717, 1.165) is 17.5 Å². The van der Waals surface area contributed by atoms with Gasteiger partial charge in [-0.05, 0) is 37.7 Å². The number of aromatic nitrogens is 4. The van der Waals surface area contributed by atoms with Crippen LogP contribution in [0, 0.1) is 5.92 Å². The second-order valence-corrected chi connectivity index (χ2v) is 8.17. The summed E-state index contributed by atoms with van der Waals surface area (Å²) in [5, 5.41) is 14.1. The molecule has 4 rings (SSSR count). The number of carbonyl (C=O) groups excluding carboxylic acids is 1. The zero-order chi connectivity index (χ0) is 20.8. The van der Waals surface area contributed by atoms with E-state index < -0.39 is 12.2 Å². The van der Waals surface area contributed by atoms with Gasteiger partial charge in [-0.1, -0.05) is 13.8 Å². The Labute approximate surface area is 166 Å². The number of amides is 1. The van der Waals surface area contributed by atoms with Crippen LogP contribution in [0.2, 0.25) is 0 Å². The molecule has 1 amide bonds. The van der Waals surface area contributed by atoms with Gasteiger partial charge >= 0.3 is 6.18 Å². The SMILES string of the molecule is CC(C)[C@@H]1C[C@H](C(F)(F)F)n2nc(C3CCCCN3C(=O)c3ccn[nH]3)cc2N1. The minimum Gasteiger partial charge on any atom is -0.367 e. The van der Waals surface area contributed by atoms with E-state index in [-0.39, 0.29) is 30.3 Å². The van der Waals surface area contributed by atoms with Crippen LogP contribution in [0.1, 0.15) is 67.8 Å². The van der Waals surface area contributed by atoms with Gasteiger partial charge in [0.1, 0.15) is 11.5 Å². The smallest absolute Gasteiger partial charge is 0.367 e. The van der Waals surface area contributed by atoms with Crippen molar-refractivity contribution in [3.8, 4) is 0 Å². The number of fused-ring (bicyclic) bond motifs is 1. The Kier molecular flexibility index (Phi) is 5.04. The first-order chi connectivity index (χ1) is 13.8. The van der Waals surface area contributed by atoms with Gasteiger partial charge in [-0.15, -0.1) is 0 Å². The quantitative estimate of drug-likeness (QED) is 0.804. The Bertz CT molecular complexity index is 860. The van der Waals surface area contributed by atoms with Crippen LogP contribution in [-0.2, 0) is 0 Å². The van der Waals surface area contributed by atoms with E-state index in [1.807, 2.05) is 13.8 Å². The largest absolute Gasteiger partial charge is 0.410 e. The van der Waals surface area contributed by atoms with Crippen molar-refractivity contribution in [2.45, 2.75) is 63.8 Å². The zero-order valence-corrected chi connectivity index (χ0v) is 16.4. The maximum absolute atomic E-state index is 13.7. The predicted molar refractivity (Wildman–Crippen MR) is 100 cm³/mol. The minimum absolute atomic E-state index is 0.0556. The molecule has 0 radical (unpaired) electrons. The van der Waals surface area contributed by atoms with Crippen LogP contribution in [0.5, 0.6) is 0 Å². The van der Waals surface area contributed by atoms with Gasteiger partial charge in [0.05, 0.1) is 11.7 Å². The van der Waals surface area contributed by atoms with Crippen LogP contribution < -0.4 is 5.32 Å². The first kappa shape index (κ1) is 19.8. The van der Waals surface area contributed by atoms with E-state index >= 15 is 0 Å². The highest BCUT2D eigenvalue weighted by molar-refractivity contribution is 5.92. The van der Waals surface area contributed by atoms with Crippen LogP contribution in [0.15, 0.2) is 18.3 Å². The summed E-state index contributed by atoms with van der Waals surface area (Å²) in [6, 6.07) is 0.968. The number of nitrogens with zero attached hydrogens (tertiary/aromatic N) is 4. The lowest BCUT2D eigenvalue weighted by Gasteiger charge is -2.35. The Morgan fingerprint density at radius 3 is 2.76 bits per heavy atom. The summed E-state index contributed by atoms with van der Waals surface area (Å²) in [6.45, 7) is 4.35. The first-order valence-corrected chi connectivity index (χ1v) is 9.98. The topological polar surface area (TPSA) is 78.8 Å². The van der Waals surface area contributed by atoms with Crippen LogP contribution in [-0.4, -0.2) is 49.5 Å². The number of aromatic amines is 1. The molecule has 0 spiro atoms. The van der Waals surface area contributed by atoms with Crippen LogP contribution in [0.3, 0.4) is 0 Å². The monoisotopic (exact) mass is 410 g/mol. The summed E-state index contributed by atoms with van der Waals surface area (Å²) in [6.07, 6.45) is -0.527. The van der Waals surface area contributed by atoms with Gasteiger partial charge in [-0.3, -0.25) is 9.89 Å². The van der Waals surface area contributed by atoms with E-state index in [0.29, 0.717) is 30.2 Å². The fourth-order valence-corrected chi connectivity index (χ4v) is 4.23. The number of hydrogen-bond donors (Lipinski definition) is 2. The average molecular weight is 410 g/mol. The molecule has 3 atom stereocenters. The normalized spacial score (nSPS) is 25.0. The van der Waals surface area contributed by atoms with Crippen molar-refractivity contribution in [1.82, 2.24) is 24.9 Å². The van der Waals surface area contributed by atoms with E-state index in [1.165, 1.54) is 6.20 Å². The first-order valence-electron chi connectivity index (χ1n) is 9.98. The average Bonchev–Trinajstić information content (AvgIpc) is 3.35. The number of halogens is 3. The lowest BCUT2D eigenvalue weighted by molar-refractivity contribution is -0.174. The third-order valence-corrected chi connectivity index (χ3v) is 5.88. The number of likely N-dealkylation sites (tertiary alicyclic amines) is 1. The van der Waals surface area contributed by atoms with Crippen molar-refractivity contribution >= 4 is 11.7 Å². The predicted octanol–water partition coefficient (Wildman–Crippen LogP) is 3.92. The summed E-state index contributed by atoms with van der Waals surface area (Å²) in [5.74, 6) is 0.213. The van der Waals surface area contributed by atoms with E-state index in [9.17, 15) is 18.0 Å². The highest BCUT2D eigenvalue weighted by atomic mass is 19.4. The number of anilines is 1. The molecule has 0 aromatic carbocycles. The van der Waals surface area contributed by atoms with Gasteiger partial charge in [0.25, 0.3) is 5.91 Å². The molecule has 10 heteroatoms. The molecule has 7 nitrogen and oxygen atoms in total. The van der Waals surface area contributed by atoms with Crippen molar-refractivity contribution in [3.05, 3.63) is 29.7 Å². The zero-order valence-electron chi connectivity index (χ0n) is 16.4. The second-order valence-electron chi connectivity index (χ2n) is 8.17. The number of rotatable bonds is 3. The van der Waals surface area contributed by atoms with Gasteiger partial charge in [-0.2, -0.15) is 23.4 Å². The standard InChI is InChI=1S/C19H25F3N6O/c1-11(2)13-9-16(19(20,21)22)28-17(24-13)10-14(26-28)15-5-3-4-8-27(15)18(29)12-6-7-23-25-12/h6-7,10-11,13,15-16,24H,3-5,8-9H2,1-2H3,(H,23,25)/t13-,15?,16+/m0/s1. The Morgan fingerprint density at radius 2 is 2.10 bits per heavy atom. The number of piperidine rings is 1. The lowest BCUT2D eigenvalue weighted by Crippen LogP contribution is -2.41. The van der Waals surface area contributed by atoms with E-state index in [2.05, 4.69) is 20.6 Å². The summed E-state index contributed by atoms with van der Waals surface area (Å²) >= 11 is 0. The third kappa shape index (κ3) is 3.72. The van der Waals surface area contributed by atoms with Crippen LogP contribution in [0.4, 0.5) is 19.0 Å². The molecule has 2 aromatic rings. The third-order valence-electron chi connectivity index (χ3n) is 5.88. The molecule has 0 aliphatic carbocycles. The van der Waals surface area contributed by atoms with Gasteiger partial charge < -0.3 is 10.2 Å². The summed E-state index contributed by atoms with van der Waals surface area (Å²) < 4.78 is 42.3. The van der Waals surface area contributed by atoms with Crippen molar-refractivity contribution in [2.75, 3.05) is 11.9 Å². The molecule has 0 saturated carbocycles. The molecule has 4 heterocycles. The maximum atomic E-state index is 13.7. The van der Waals surface area contributed by atoms with Gasteiger partial charge in [-0.25, -0.2) is 4.68 Å². The fraction of sp³-hybridized carbons (Fsp3) is 0.632. The van der Waals surface area contributed by atoms with Gasteiger partial charge in [0.15, 0.2) is 6.04 Å². The van der Waals surface area contributed by atoms with Gasteiger partial charge in [0.2, 0.25) is 0 Å². The summed E-state index contributed by atoms with van der Waals surface area (Å²) in [5.41, 5.74) is 0.866. The maximum Gasteiger partial charge on any atom is 0.410 e. The van der Waals surface area contributed by atoms with Gasteiger partial charge in [0, 0.05) is 24.8 Å². The molecule has 29 heavy (non-hydrogen) atoms. The molecule has 0 bridgehead atoms. The number of carbonyl (C=O) groups is 1. The fourth-order valence-electron chi connectivity index (χ4n) is 4.23. The Balaban J connectivity index is 1.68. The van der Waals surface area contributed by atoms with Crippen molar-refractivity contribution in [3.63, 3.8) is 0 Å². The highest BCUT2D eigenvalue weighted by Gasteiger charge is 2.47. The molecule has 2 N–H and O–H groups in total. The van der Waals surface area contributed by atoms with E-state index in [4.69, 9.17) is 0 Å². The van der Waals surface area contributed by atoms with Crippen molar-refractivity contribution < 1.29 is 18.0 Å². The molecular weight excluding hydrogens is 385 g/mol. The summed E-state index contributed by atoms with van der Waals surface area (Å²) in [7, 11) is 0. The molecule has 2 aliphatic rings. The summed E-state index contributed by atoms with van der Waals surface area (Å²) in [4.78, 5) is 14.6. The highest BCUT2D eigenvalue weighted by Crippen LogP contribution is 2.42. The molecule has 1 unspecified atom stereocenters. The minimum atomic E-state index is -4.38. The Morgan fingerprint density at radius 1 is 1.31 bits per heavy atom.